The van der Waals surface area contributed by atoms with Gasteiger partial charge in [-0.3, -0.25) is 0 Å². The van der Waals surface area contributed by atoms with Crippen LogP contribution in [0.15, 0.2) is 0 Å². The molecule has 0 aromatic carbocycles. The molecule has 0 bridgehead atoms. The molecule has 0 N–H and O–H groups in total. The lowest BCUT2D eigenvalue weighted by molar-refractivity contribution is -0.0303. The second kappa shape index (κ2) is 2.89. The van der Waals surface area contributed by atoms with Gasteiger partial charge < -0.3 is 9.47 Å². The number of hydrogen-bond donors (Lipinski definition) is 0. The molecule has 0 spiro atoms. The second-order valence-corrected chi connectivity index (χ2v) is 3.25. The van der Waals surface area contributed by atoms with Crippen molar-refractivity contribution >= 4 is 0 Å². The lowest BCUT2D eigenvalue weighted by Gasteiger charge is -2.15. The predicted octanol–water partition coefficient (Wildman–Crippen LogP) is 1.59. The van der Waals surface area contributed by atoms with Gasteiger partial charge in [0.1, 0.15) is 0 Å². The van der Waals surface area contributed by atoms with E-state index in [-0.39, 0.29) is 5.60 Å². The van der Waals surface area contributed by atoms with E-state index < -0.39 is 0 Å². The van der Waals surface area contributed by atoms with E-state index in [1.807, 2.05) is 13.8 Å². The fourth-order valence-electron chi connectivity index (χ4n) is 0.865. The fourth-order valence-corrected chi connectivity index (χ4v) is 0.865. The van der Waals surface area contributed by atoms with E-state index in [0.29, 0.717) is 6.10 Å². The van der Waals surface area contributed by atoms with E-state index in [1.165, 1.54) is 0 Å². The van der Waals surface area contributed by atoms with Crippen molar-refractivity contribution in [2.45, 2.75) is 38.4 Å². The number of methoxy groups -OCH3 is 1. The topological polar surface area (TPSA) is 18.5 Å². The van der Waals surface area contributed by atoms with Crippen LogP contribution in [0.4, 0.5) is 0 Å². The van der Waals surface area contributed by atoms with E-state index in [0.717, 1.165) is 19.4 Å². The van der Waals surface area contributed by atoms with Crippen molar-refractivity contribution in [2.24, 2.45) is 0 Å². The van der Waals surface area contributed by atoms with Crippen LogP contribution in [-0.4, -0.2) is 25.4 Å². The molecular weight excluding hydrogens is 128 g/mol. The van der Waals surface area contributed by atoms with Crippen molar-refractivity contribution in [3.63, 3.8) is 0 Å². The Hall–Kier alpha value is -0.0800. The van der Waals surface area contributed by atoms with Crippen LogP contribution in [-0.2, 0) is 9.47 Å². The van der Waals surface area contributed by atoms with Crippen LogP contribution in [0.3, 0.4) is 0 Å². The standard InChI is InChI=1S/C8H16O2/c1-7(2)10-6-8(9-3)4-5-8/h7H,4-6H2,1-3H3. The molecule has 1 aliphatic rings. The molecule has 0 saturated heterocycles. The Morgan fingerprint density at radius 3 is 2.30 bits per heavy atom. The maximum absolute atomic E-state index is 5.44. The summed E-state index contributed by atoms with van der Waals surface area (Å²) in [6, 6.07) is 0. The lowest BCUT2D eigenvalue weighted by Crippen LogP contribution is -2.21. The zero-order valence-corrected chi connectivity index (χ0v) is 7.02. The zero-order valence-electron chi connectivity index (χ0n) is 7.02. The molecule has 0 aliphatic heterocycles. The van der Waals surface area contributed by atoms with E-state index in [4.69, 9.17) is 9.47 Å². The first kappa shape index (κ1) is 8.02. The SMILES string of the molecule is COC1(COC(C)C)CC1. The van der Waals surface area contributed by atoms with Crippen LogP contribution in [0, 0.1) is 0 Å². The third kappa shape index (κ3) is 1.96. The van der Waals surface area contributed by atoms with Gasteiger partial charge in [0, 0.05) is 7.11 Å². The average Bonchev–Trinajstić information content (AvgIpc) is 2.64. The minimum absolute atomic E-state index is 0.101. The van der Waals surface area contributed by atoms with Crippen molar-refractivity contribution in [3.8, 4) is 0 Å². The first-order chi connectivity index (χ1) is 4.68. The molecular formula is C8H16O2. The Morgan fingerprint density at radius 1 is 1.40 bits per heavy atom. The third-order valence-corrected chi connectivity index (χ3v) is 1.92. The summed E-state index contributed by atoms with van der Waals surface area (Å²) in [5, 5.41) is 0. The van der Waals surface area contributed by atoms with Gasteiger partial charge in [-0.1, -0.05) is 0 Å². The largest absolute Gasteiger partial charge is 0.376 e. The number of ether oxygens (including phenoxy) is 2. The molecule has 10 heavy (non-hydrogen) atoms. The molecule has 0 aromatic heterocycles. The highest BCUT2D eigenvalue weighted by molar-refractivity contribution is 4.95. The van der Waals surface area contributed by atoms with Gasteiger partial charge in [-0.15, -0.1) is 0 Å². The maximum atomic E-state index is 5.44. The molecule has 2 nitrogen and oxygen atoms in total. The van der Waals surface area contributed by atoms with Crippen molar-refractivity contribution in [1.29, 1.82) is 0 Å². The van der Waals surface area contributed by atoms with Gasteiger partial charge in [-0.2, -0.15) is 0 Å². The Labute approximate surface area is 62.5 Å². The predicted molar refractivity (Wildman–Crippen MR) is 40.1 cm³/mol. The number of hydrogen-bond acceptors (Lipinski definition) is 2. The van der Waals surface area contributed by atoms with Crippen LogP contribution < -0.4 is 0 Å². The van der Waals surface area contributed by atoms with Gasteiger partial charge in [0.05, 0.1) is 18.3 Å². The monoisotopic (exact) mass is 144 g/mol. The minimum Gasteiger partial charge on any atom is -0.376 e. The summed E-state index contributed by atoms with van der Waals surface area (Å²) in [7, 11) is 1.76. The summed E-state index contributed by atoms with van der Waals surface area (Å²) in [4.78, 5) is 0. The van der Waals surface area contributed by atoms with E-state index >= 15 is 0 Å². The molecule has 0 amide bonds. The highest BCUT2D eigenvalue weighted by Gasteiger charge is 2.43. The molecule has 0 unspecified atom stereocenters. The molecule has 0 atom stereocenters. The van der Waals surface area contributed by atoms with Crippen molar-refractivity contribution in [1.82, 2.24) is 0 Å². The van der Waals surface area contributed by atoms with Crippen LogP contribution in [0.1, 0.15) is 26.7 Å². The molecule has 0 aromatic rings. The van der Waals surface area contributed by atoms with E-state index in [2.05, 4.69) is 0 Å². The first-order valence-corrected chi connectivity index (χ1v) is 3.85. The van der Waals surface area contributed by atoms with Crippen LogP contribution in [0.2, 0.25) is 0 Å². The highest BCUT2D eigenvalue weighted by Crippen LogP contribution is 2.39. The van der Waals surface area contributed by atoms with Crippen molar-refractivity contribution in [3.05, 3.63) is 0 Å². The average molecular weight is 144 g/mol. The second-order valence-electron chi connectivity index (χ2n) is 3.25. The minimum atomic E-state index is 0.101. The lowest BCUT2D eigenvalue weighted by atomic mass is 10.3. The van der Waals surface area contributed by atoms with Gasteiger partial charge in [0.2, 0.25) is 0 Å². The molecule has 0 heterocycles. The van der Waals surface area contributed by atoms with Gasteiger partial charge in [-0.05, 0) is 26.7 Å². The van der Waals surface area contributed by atoms with Gasteiger partial charge in [-0.25, -0.2) is 0 Å². The Bertz CT molecular complexity index is 106. The number of rotatable bonds is 4. The van der Waals surface area contributed by atoms with Crippen molar-refractivity contribution in [2.75, 3.05) is 13.7 Å². The van der Waals surface area contributed by atoms with E-state index in [9.17, 15) is 0 Å². The van der Waals surface area contributed by atoms with Gasteiger partial charge in [0.25, 0.3) is 0 Å². The van der Waals surface area contributed by atoms with Crippen LogP contribution in [0.25, 0.3) is 0 Å². The van der Waals surface area contributed by atoms with Crippen LogP contribution >= 0.6 is 0 Å². The first-order valence-electron chi connectivity index (χ1n) is 3.85. The molecule has 1 rings (SSSR count). The summed E-state index contributed by atoms with van der Waals surface area (Å²) >= 11 is 0. The highest BCUT2D eigenvalue weighted by atomic mass is 16.5. The molecule has 0 radical (unpaired) electrons. The van der Waals surface area contributed by atoms with Gasteiger partial charge in [0.15, 0.2) is 0 Å². The van der Waals surface area contributed by atoms with Crippen molar-refractivity contribution < 1.29 is 9.47 Å². The summed E-state index contributed by atoms with van der Waals surface area (Å²) < 4.78 is 10.7. The van der Waals surface area contributed by atoms with Crippen LogP contribution in [0.5, 0.6) is 0 Å². The molecule has 1 fully saturated rings. The van der Waals surface area contributed by atoms with E-state index in [1.54, 1.807) is 7.11 Å². The normalized spacial score (nSPS) is 21.6. The maximum Gasteiger partial charge on any atom is 0.0913 e. The smallest absolute Gasteiger partial charge is 0.0913 e. The Morgan fingerprint density at radius 2 is 2.00 bits per heavy atom. The zero-order chi connectivity index (χ0) is 7.61. The third-order valence-electron chi connectivity index (χ3n) is 1.92. The summed E-state index contributed by atoms with van der Waals surface area (Å²) in [6.07, 6.45) is 2.65. The van der Waals surface area contributed by atoms with Gasteiger partial charge >= 0.3 is 0 Å². The molecule has 1 saturated carbocycles. The summed E-state index contributed by atoms with van der Waals surface area (Å²) in [6.45, 7) is 4.86. The summed E-state index contributed by atoms with van der Waals surface area (Å²) in [5.74, 6) is 0. The Balaban J connectivity index is 2.13. The quantitative estimate of drug-likeness (QED) is 0.596. The molecule has 2 heteroatoms. The molecule has 60 valence electrons. The Kier molecular flexibility index (Phi) is 2.32. The fraction of sp³-hybridized carbons (Fsp3) is 1.00. The molecule has 1 aliphatic carbocycles. The summed E-state index contributed by atoms with van der Waals surface area (Å²) in [5.41, 5.74) is 0.101.